The van der Waals surface area contributed by atoms with Crippen molar-refractivity contribution < 1.29 is 19.8 Å². The van der Waals surface area contributed by atoms with Crippen molar-refractivity contribution in [3.8, 4) is 0 Å². The number of carbonyl (C=O) groups is 2. The summed E-state index contributed by atoms with van der Waals surface area (Å²) in [6, 6.07) is 0. The number of rotatable bonds is 17. The lowest BCUT2D eigenvalue weighted by atomic mass is 9.95. The molecule has 0 radical (unpaired) electrons. The molecule has 0 aliphatic heterocycles. The van der Waals surface area contributed by atoms with Crippen LogP contribution in [0.5, 0.6) is 0 Å². The van der Waals surface area contributed by atoms with Gasteiger partial charge < -0.3 is 10.2 Å². The van der Waals surface area contributed by atoms with Crippen LogP contribution in [0.25, 0.3) is 0 Å². The van der Waals surface area contributed by atoms with Crippen LogP contribution in [0.15, 0.2) is 0 Å². The lowest BCUT2D eigenvalue weighted by Crippen LogP contribution is -2.15. The summed E-state index contributed by atoms with van der Waals surface area (Å²) >= 11 is 0. The van der Waals surface area contributed by atoms with Gasteiger partial charge in [-0.3, -0.25) is 9.59 Å². The van der Waals surface area contributed by atoms with Crippen LogP contribution in [0.3, 0.4) is 0 Å². The topological polar surface area (TPSA) is 74.6 Å². The zero-order valence-corrected chi connectivity index (χ0v) is 16.3. The van der Waals surface area contributed by atoms with Crippen LogP contribution < -0.4 is 0 Å². The molecule has 2 unspecified atom stereocenters. The smallest absolute Gasteiger partial charge is 0.306 e. The van der Waals surface area contributed by atoms with Crippen LogP contribution in [0, 0.1) is 23.7 Å². The predicted octanol–water partition coefficient (Wildman–Crippen LogP) is 5.89. The molecule has 0 aromatic carbocycles. The molecule has 2 fully saturated rings. The molecule has 0 aromatic heterocycles. The molecule has 0 saturated heterocycles. The van der Waals surface area contributed by atoms with Gasteiger partial charge in [0.05, 0.1) is 11.8 Å². The van der Waals surface area contributed by atoms with Gasteiger partial charge in [-0.15, -0.1) is 0 Å². The first-order valence-electron chi connectivity index (χ1n) is 11.0. The molecule has 2 saturated carbocycles. The molecule has 0 heterocycles. The normalized spacial score (nSPS) is 19.2. The maximum atomic E-state index is 11.2. The molecule has 0 aromatic rings. The number of unbranched alkanes of at least 4 members (excludes halogenated alkanes) is 9. The molecule has 0 amide bonds. The van der Waals surface area contributed by atoms with E-state index in [4.69, 9.17) is 0 Å². The Hall–Kier alpha value is -1.06. The molecule has 2 aliphatic rings. The predicted molar refractivity (Wildman–Crippen MR) is 103 cm³/mol. The van der Waals surface area contributed by atoms with Crippen molar-refractivity contribution in [1.82, 2.24) is 0 Å². The molecule has 2 N–H and O–H groups in total. The van der Waals surface area contributed by atoms with E-state index in [1.54, 1.807) is 0 Å². The van der Waals surface area contributed by atoms with Crippen LogP contribution in [0.1, 0.15) is 103 Å². The molecule has 2 aliphatic carbocycles. The molecule has 4 heteroatoms. The molecule has 26 heavy (non-hydrogen) atoms. The average Bonchev–Trinajstić information content (AvgIpc) is 3.47. The first-order valence-corrected chi connectivity index (χ1v) is 11.0. The highest BCUT2D eigenvalue weighted by Gasteiger charge is 2.36. The Morgan fingerprint density at radius 2 is 0.846 bits per heavy atom. The van der Waals surface area contributed by atoms with Gasteiger partial charge in [0.2, 0.25) is 0 Å². The minimum Gasteiger partial charge on any atom is -0.481 e. The minimum atomic E-state index is -0.584. The fourth-order valence-electron chi connectivity index (χ4n) is 4.26. The Kier molecular flexibility index (Phi) is 9.49. The number of carboxylic acid groups (broad SMARTS) is 2. The van der Waals surface area contributed by atoms with Crippen LogP contribution >= 0.6 is 0 Å². The molecule has 2 atom stereocenters. The molecule has 4 nitrogen and oxygen atoms in total. The summed E-state index contributed by atoms with van der Waals surface area (Å²) in [5, 5.41) is 18.4. The Morgan fingerprint density at radius 1 is 0.577 bits per heavy atom. The first-order chi connectivity index (χ1) is 12.6. The summed E-state index contributed by atoms with van der Waals surface area (Å²) in [5.41, 5.74) is 0. The summed E-state index contributed by atoms with van der Waals surface area (Å²) in [6.45, 7) is 0. The summed E-state index contributed by atoms with van der Waals surface area (Å²) in [7, 11) is 0. The fourth-order valence-corrected chi connectivity index (χ4v) is 4.26. The van der Waals surface area contributed by atoms with Crippen molar-refractivity contribution in [3.63, 3.8) is 0 Å². The zero-order chi connectivity index (χ0) is 18.8. The van der Waals surface area contributed by atoms with Crippen molar-refractivity contribution in [2.45, 2.75) is 103 Å². The quantitative estimate of drug-likeness (QED) is 0.315. The number of hydrogen-bond donors (Lipinski definition) is 2. The average molecular weight is 367 g/mol. The maximum absolute atomic E-state index is 11.2. The largest absolute Gasteiger partial charge is 0.481 e. The monoisotopic (exact) mass is 366 g/mol. The van der Waals surface area contributed by atoms with Crippen molar-refractivity contribution in [1.29, 1.82) is 0 Å². The summed E-state index contributed by atoms with van der Waals surface area (Å²) < 4.78 is 0. The number of carboxylic acids is 2. The standard InChI is InChI=1S/C22H38O4/c23-21(24)19(17-13-14-17)11-9-7-5-3-1-2-4-6-8-10-12-20(22(25)26)18-15-16-18/h17-20H,1-16H2,(H,23,24)(H,25,26). The summed E-state index contributed by atoms with van der Waals surface area (Å²) in [5.74, 6) is -0.366. The second-order valence-electron chi connectivity index (χ2n) is 8.68. The van der Waals surface area contributed by atoms with Gasteiger partial charge in [0, 0.05) is 0 Å². The Morgan fingerprint density at radius 3 is 1.08 bits per heavy atom. The lowest BCUT2D eigenvalue weighted by molar-refractivity contribution is -0.143. The molecule has 2 rings (SSSR count). The minimum absolute atomic E-state index is 0.0735. The van der Waals surface area contributed by atoms with Gasteiger partial charge in [0.15, 0.2) is 0 Å². The highest BCUT2D eigenvalue weighted by Crippen LogP contribution is 2.40. The highest BCUT2D eigenvalue weighted by molar-refractivity contribution is 5.71. The van der Waals surface area contributed by atoms with Crippen LogP contribution in [-0.4, -0.2) is 22.2 Å². The van der Waals surface area contributed by atoms with E-state index in [-0.39, 0.29) is 11.8 Å². The van der Waals surface area contributed by atoms with Crippen molar-refractivity contribution >= 4 is 11.9 Å². The van der Waals surface area contributed by atoms with Gasteiger partial charge in [-0.2, -0.15) is 0 Å². The third kappa shape index (κ3) is 8.55. The van der Waals surface area contributed by atoms with E-state index in [0.29, 0.717) is 11.8 Å². The third-order valence-corrected chi connectivity index (χ3v) is 6.30. The van der Waals surface area contributed by atoms with E-state index in [2.05, 4.69) is 0 Å². The third-order valence-electron chi connectivity index (χ3n) is 6.30. The van der Waals surface area contributed by atoms with Gasteiger partial charge in [-0.1, -0.05) is 64.2 Å². The van der Waals surface area contributed by atoms with E-state index >= 15 is 0 Å². The molecular formula is C22H38O4. The van der Waals surface area contributed by atoms with E-state index in [1.165, 1.54) is 51.4 Å². The van der Waals surface area contributed by atoms with Crippen molar-refractivity contribution in [2.24, 2.45) is 23.7 Å². The van der Waals surface area contributed by atoms with E-state index < -0.39 is 11.9 Å². The SMILES string of the molecule is O=C(O)C(CCCCCCCCCCCCC(C(=O)O)C1CC1)C1CC1. The number of hydrogen-bond acceptors (Lipinski definition) is 2. The highest BCUT2D eigenvalue weighted by atomic mass is 16.4. The van der Waals surface area contributed by atoms with Gasteiger partial charge in [0.25, 0.3) is 0 Å². The fraction of sp³-hybridized carbons (Fsp3) is 0.909. The van der Waals surface area contributed by atoms with Gasteiger partial charge in [-0.05, 0) is 50.4 Å². The van der Waals surface area contributed by atoms with E-state index in [0.717, 1.165) is 51.4 Å². The Bertz CT molecular complexity index is 386. The second-order valence-corrected chi connectivity index (χ2v) is 8.68. The second kappa shape index (κ2) is 11.6. The van der Waals surface area contributed by atoms with Crippen molar-refractivity contribution in [3.05, 3.63) is 0 Å². The van der Waals surface area contributed by atoms with Gasteiger partial charge in [-0.25, -0.2) is 0 Å². The van der Waals surface area contributed by atoms with Crippen molar-refractivity contribution in [2.75, 3.05) is 0 Å². The van der Waals surface area contributed by atoms with Crippen LogP contribution in [0.4, 0.5) is 0 Å². The molecule has 150 valence electrons. The first kappa shape index (κ1) is 21.2. The van der Waals surface area contributed by atoms with Gasteiger partial charge in [0.1, 0.15) is 0 Å². The Balaban J connectivity index is 1.33. The van der Waals surface area contributed by atoms with Gasteiger partial charge >= 0.3 is 11.9 Å². The van der Waals surface area contributed by atoms with Crippen LogP contribution in [-0.2, 0) is 9.59 Å². The lowest BCUT2D eigenvalue weighted by Gasteiger charge is -2.10. The van der Waals surface area contributed by atoms with E-state index in [9.17, 15) is 19.8 Å². The van der Waals surface area contributed by atoms with Crippen LogP contribution in [0.2, 0.25) is 0 Å². The Labute approximate surface area is 158 Å². The number of aliphatic carboxylic acids is 2. The summed E-state index contributed by atoms with van der Waals surface area (Å²) in [4.78, 5) is 22.3. The summed E-state index contributed by atoms with van der Waals surface area (Å²) in [6.07, 6.45) is 18.3. The van der Waals surface area contributed by atoms with E-state index in [1.807, 2.05) is 0 Å². The molecule has 0 spiro atoms. The molecule has 0 bridgehead atoms. The zero-order valence-electron chi connectivity index (χ0n) is 16.3. The molecular weight excluding hydrogens is 328 g/mol. The maximum Gasteiger partial charge on any atom is 0.306 e.